The van der Waals surface area contributed by atoms with E-state index >= 15 is 0 Å². The van der Waals surface area contributed by atoms with Crippen LogP contribution in [0.1, 0.15) is 39.7 Å². The predicted molar refractivity (Wildman–Crippen MR) is 103 cm³/mol. The summed E-state index contributed by atoms with van der Waals surface area (Å²) in [5.74, 6) is -0.184. The van der Waals surface area contributed by atoms with Crippen LogP contribution in [0.5, 0.6) is 0 Å². The maximum absolute atomic E-state index is 12.3. The lowest BCUT2D eigenvalue weighted by Crippen LogP contribution is -2.11. The molecule has 4 nitrogen and oxygen atoms in total. The first kappa shape index (κ1) is 17.3. The second-order valence-corrected chi connectivity index (χ2v) is 7.12. The number of amides is 1. The first-order chi connectivity index (χ1) is 12.1. The highest BCUT2D eigenvalue weighted by Crippen LogP contribution is 2.33. The van der Waals surface area contributed by atoms with Gasteiger partial charge in [-0.3, -0.25) is 15.1 Å². The van der Waals surface area contributed by atoms with E-state index in [2.05, 4.69) is 49.3 Å². The van der Waals surface area contributed by atoms with Crippen LogP contribution in [0.4, 0.5) is 5.13 Å². The summed E-state index contributed by atoms with van der Waals surface area (Å²) in [6.45, 7) is 6.36. The molecule has 3 rings (SSSR count). The minimum atomic E-state index is -0.184. The Hall–Kier alpha value is -2.53. The van der Waals surface area contributed by atoms with E-state index in [0.717, 1.165) is 24.1 Å². The van der Waals surface area contributed by atoms with Crippen LogP contribution in [0.15, 0.2) is 42.7 Å². The highest BCUT2D eigenvalue weighted by Gasteiger charge is 2.15. The number of hydrogen-bond donors (Lipinski definition) is 1. The summed E-state index contributed by atoms with van der Waals surface area (Å²) in [4.78, 5) is 22.2. The lowest BCUT2D eigenvalue weighted by molar-refractivity contribution is 0.102. The van der Waals surface area contributed by atoms with Crippen molar-refractivity contribution in [3.63, 3.8) is 0 Å². The van der Waals surface area contributed by atoms with Crippen LogP contribution in [0.2, 0.25) is 0 Å². The fourth-order valence-electron chi connectivity index (χ4n) is 2.58. The van der Waals surface area contributed by atoms with E-state index in [0.29, 0.717) is 10.7 Å². The van der Waals surface area contributed by atoms with Crippen molar-refractivity contribution in [1.82, 2.24) is 9.97 Å². The van der Waals surface area contributed by atoms with Gasteiger partial charge in [-0.25, -0.2) is 4.98 Å². The molecule has 0 saturated carbocycles. The summed E-state index contributed by atoms with van der Waals surface area (Å²) >= 11 is 1.55. The van der Waals surface area contributed by atoms with Crippen molar-refractivity contribution in [3.8, 4) is 11.3 Å². The molecule has 1 N–H and O–H groups in total. The number of carbonyl (C=O) groups is 1. The van der Waals surface area contributed by atoms with Gasteiger partial charge >= 0.3 is 0 Å². The largest absolute Gasteiger partial charge is 0.298 e. The third kappa shape index (κ3) is 3.94. The topological polar surface area (TPSA) is 54.9 Å². The van der Waals surface area contributed by atoms with Gasteiger partial charge in [0.1, 0.15) is 0 Å². The highest BCUT2D eigenvalue weighted by atomic mass is 32.1. The zero-order valence-electron chi connectivity index (χ0n) is 14.7. The maximum atomic E-state index is 12.3. The molecule has 0 atom stereocenters. The van der Waals surface area contributed by atoms with Crippen LogP contribution in [-0.2, 0) is 6.42 Å². The zero-order chi connectivity index (χ0) is 17.8. The summed E-state index contributed by atoms with van der Waals surface area (Å²) in [7, 11) is 0. The number of benzene rings is 1. The van der Waals surface area contributed by atoms with Gasteiger partial charge in [0.25, 0.3) is 5.91 Å². The molecule has 0 spiro atoms. The van der Waals surface area contributed by atoms with Gasteiger partial charge in [-0.2, -0.15) is 0 Å². The Morgan fingerprint density at radius 2 is 2.04 bits per heavy atom. The van der Waals surface area contributed by atoms with Crippen LogP contribution >= 0.6 is 11.3 Å². The van der Waals surface area contributed by atoms with Gasteiger partial charge in [0.15, 0.2) is 5.13 Å². The molecular weight excluding hydrogens is 330 g/mol. The molecule has 128 valence electrons. The van der Waals surface area contributed by atoms with E-state index < -0.39 is 0 Å². The van der Waals surface area contributed by atoms with Crippen molar-refractivity contribution in [3.05, 3.63) is 64.3 Å². The number of nitrogens with zero attached hydrogens (tertiary/aromatic N) is 2. The molecule has 25 heavy (non-hydrogen) atoms. The van der Waals surface area contributed by atoms with Gasteiger partial charge in [-0.1, -0.05) is 25.5 Å². The van der Waals surface area contributed by atoms with Crippen LogP contribution in [0.25, 0.3) is 11.3 Å². The molecule has 0 aliphatic carbocycles. The molecule has 0 aliphatic rings. The summed E-state index contributed by atoms with van der Waals surface area (Å²) in [5.41, 5.74) is 5.11. The second kappa shape index (κ2) is 7.57. The molecule has 3 aromatic rings. The summed E-state index contributed by atoms with van der Waals surface area (Å²) < 4.78 is 0. The SMILES string of the molecule is CCCc1sc(NC(=O)c2cccnc2)nc1-c1ccc(C)c(C)c1. The van der Waals surface area contributed by atoms with Crippen molar-refractivity contribution in [1.29, 1.82) is 0 Å². The fraction of sp³-hybridized carbons (Fsp3) is 0.250. The van der Waals surface area contributed by atoms with Gasteiger partial charge in [-0.05, 0) is 49.6 Å². The fourth-order valence-corrected chi connectivity index (χ4v) is 3.66. The molecule has 0 fully saturated rings. The van der Waals surface area contributed by atoms with Crippen LogP contribution in [-0.4, -0.2) is 15.9 Å². The summed E-state index contributed by atoms with van der Waals surface area (Å²) in [6, 6.07) is 9.88. The number of carbonyl (C=O) groups excluding carboxylic acids is 1. The Balaban J connectivity index is 1.91. The van der Waals surface area contributed by atoms with E-state index in [1.54, 1.807) is 35.9 Å². The quantitative estimate of drug-likeness (QED) is 0.701. The average Bonchev–Trinajstić information content (AvgIpc) is 3.01. The van der Waals surface area contributed by atoms with Crippen molar-refractivity contribution < 1.29 is 4.79 Å². The smallest absolute Gasteiger partial charge is 0.259 e. The number of anilines is 1. The molecule has 1 aromatic carbocycles. The number of aromatic nitrogens is 2. The molecule has 0 radical (unpaired) electrons. The second-order valence-electron chi connectivity index (χ2n) is 6.04. The standard InChI is InChI=1S/C20H21N3OS/c1-4-6-17-18(15-9-8-13(2)14(3)11-15)22-20(25-17)23-19(24)16-7-5-10-21-12-16/h5,7-12H,4,6H2,1-3H3,(H,22,23,24). The average molecular weight is 351 g/mol. The first-order valence-corrected chi connectivity index (χ1v) is 9.19. The van der Waals surface area contributed by atoms with Gasteiger partial charge < -0.3 is 0 Å². The normalized spacial score (nSPS) is 10.7. The Labute approximate surface area is 152 Å². The Bertz CT molecular complexity index is 887. The molecule has 0 bridgehead atoms. The van der Waals surface area contributed by atoms with E-state index in [1.165, 1.54) is 16.0 Å². The minimum absolute atomic E-state index is 0.184. The molecule has 5 heteroatoms. The van der Waals surface area contributed by atoms with E-state index in [9.17, 15) is 4.79 Å². The van der Waals surface area contributed by atoms with Crippen LogP contribution in [0, 0.1) is 13.8 Å². The first-order valence-electron chi connectivity index (χ1n) is 8.37. The third-order valence-corrected chi connectivity index (χ3v) is 5.13. The highest BCUT2D eigenvalue weighted by molar-refractivity contribution is 7.16. The van der Waals surface area contributed by atoms with Gasteiger partial charge in [0.05, 0.1) is 11.3 Å². The number of hydrogen-bond acceptors (Lipinski definition) is 4. The maximum Gasteiger partial charge on any atom is 0.259 e. The minimum Gasteiger partial charge on any atom is -0.298 e. The number of rotatable bonds is 5. The monoisotopic (exact) mass is 351 g/mol. The van der Waals surface area contributed by atoms with E-state index in [4.69, 9.17) is 4.98 Å². The molecule has 0 saturated heterocycles. The Morgan fingerprint density at radius 3 is 2.72 bits per heavy atom. The Morgan fingerprint density at radius 1 is 1.20 bits per heavy atom. The Kier molecular flexibility index (Phi) is 5.24. The molecule has 0 aliphatic heterocycles. The molecule has 0 unspecified atom stereocenters. The predicted octanol–water partition coefficient (Wildman–Crippen LogP) is 5.03. The zero-order valence-corrected chi connectivity index (χ0v) is 15.5. The van der Waals surface area contributed by atoms with Gasteiger partial charge in [0.2, 0.25) is 0 Å². The van der Waals surface area contributed by atoms with Crippen molar-refractivity contribution in [2.24, 2.45) is 0 Å². The molecule has 1 amide bonds. The number of pyridine rings is 1. The van der Waals surface area contributed by atoms with Crippen LogP contribution < -0.4 is 5.32 Å². The number of thiazole rings is 1. The van der Waals surface area contributed by atoms with E-state index in [1.807, 2.05) is 0 Å². The van der Waals surface area contributed by atoms with E-state index in [-0.39, 0.29) is 5.91 Å². The summed E-state index contributed by atoms with van der Waals surface area (Å²) in [6.07, 6.45) is 5.19. The van der Waals surface area contributed by atoms with Crippen molar-refractivity contribution in [2.75, 3.05) is 5.32 Å². The van der Waals surface area contributed by atoms with Gasteiger partial charge in [-0.15, -0.1) is 11.3 Å². The number of nitrogens with one attached hydrogen (secondary N) is 1. The molecular formula is C20H21N3OS. The number of aryl methyl sites for hydroxylation is 3. The molecule has 2 heterocycles. The van der Waals surface area contributed by atoms with Gasteiger partial charge in [0, 0.05) is 22.8 Å². The summed E-state index contributed by atoms with van der Waals surface area (Å²) in [5, 5.41) is 3.53. The molecule has 2 aromatic heterocycles. The lowest BCUT2D eigenvalue weighted by Gasteiger charge is -2.05. The van der Waals surface area contributed by atoms with Crippen molar-refractivity contribution >= 4 is 22.4 Å². The lowest BCUT2D eigenvalue weighted by atomic mass is 10.0. The third-order valence-electron chi connectivity index (χ3n) is 4.10. The van der Waals surface area contributed by atoms with Crippen LogP contribution in [0.3, 0.4) is 0 Å². The van der Waals surface area contributed by atoms with Crippen molar-refractivity contribution in [2.45, 2.75) is 33.6 Å².